The Hall–Kier alpha value is -2.94. The number of benzene rings is 2. The van der Waals surface area contributed by atoms with Gasteiger partial charge in [0.15, 0.2) is 0 Å². The number of aliphatic hydroxyl groups excluding tert-OH is 1. The van der Waals surface area contributed by atoms with Crippen molar-refractivity contribution in [2.45, 2.75) is 50.0 Å². The number of ether oxygens (including phenoxy) is 2. The number of carbonyl (C=O) groups excluding carboxylic acids is 2. The zero-order valence-corrected chi connectivity index (χ0v) is 19.9. The van der Waals surface area contributed by atoms with E-state index in [2.05, 4.69) is 10.6 Å². The molecule has 0 unspecified atom stereocenters. The summed E-state index contributed by atoms with van der Waals surface area (Å²) in [7, 11) is 3.68. The third-order valence-electron chi connectivity index (χ3n) is 6.33. The van der Waals surface area contributed by atoms with E-state index in [9.17, 15) is 14.7 Å². The van der Waals surface area contributed by atoms with Gasteiger partial charge in [0.05, 0.1) is 31.7 Å². The maximum absolute atomic E-state index is 12.8. The number of nitrogens with one attached hydrogen (secondary N) is 2. The van der Waals surface area contributed by atoms with Crippen molar-refractivity contribution in [3.63, 3.8) is 0 Å². The van der Waals surface area contributed by atoms with Crippen LogP contribution in [0.25, 0.3) is 0 Å². The molecule has 34 heavy (non-hydrogen) atoms. The summed E-state index contributed by atoms with van der Waals surface area (Å²) in [5.74, 6) is 0.504. The van der Waals surface area contributed by atoms with E-state index in [0.717, 1.165) is 16.9 Å². The van der Waals surface area contributed by atoms with Gasteiger partial charge in [0.2, 0.25) is 11.8 Å². The summed E-state index contributed by atoms with van der Waals surface area (Å²) in [6, 6.07) is 15.3. The van der Waals surface area contributed by atoms with Gasteiger partial charge in [0.25, 0.3) is 0 Å². The Morgan fingerprint density at radius 2 is 1.91 bits per heavy atom. The van der Waals surface area contributed by atoms with Crippen LogP contribution >= 0.6 is 0 Å². The van der Waals surface area contributed by atoms with Crippen LogP contribution in [0.15, 0.2) is 48.5 Å². The molecule has 2 heterocycles. The van der Waals surface area contributed by atoms with E-state index in [-0.39, 0.29) is 49.0 Å². The van der Waals surface area contributed by atoms with E-state index in [1.165, 1.54) is 0 Å². The summed E-state index contributed by atoms with van der Waals surface area (Å²) in [4.78, 5) is 26.7. The number of aliphatic hydroxyl groups is 1. The number of hydrogen-bond donors (Lipinski definition) is 3. The van der Waals surface area contributed by atoms with Crippen LogP contribution in [0.4, 0.5) is 5.69 Å². The lowest BCUT2D eigenvalue weighted by Gasteiger charge is -2.37. The normalized spacial score (nSPS) is 24.0. The molecule has 5 atom stereocenters. The average Bonchev–Trinajstić information content (AvgIpc) is 3.16. The third-order valence-corrected chi connectivity index (χ3v) is 6.33. The van der Waals surface area contributed by atoms with Crippen molar-refractivity contribution in [1.29, 1.82) is 0 Å². The second-order valence-electron chi connectivity index (χ2n) is 9.35. The molecule has 0 bridgehead atoms. The zero-order valence-electron chi connectivity index (χ0n) is 19.9. The molecule has 2 aromatic carbocycles. The molecule has 2 amide bonds. The number of rotatable bonds is 8. The first-order valence-electron chi connectivity index (χ1n) is 11.7. The molecule has 0 spiro atoms. The van der Waals surface area contributed by atoms with Gasteiger partial charge >= 0.3 is 0 Å². The van der Waals surface area contributed by atoms with Crippen molar-refractivity contribution in [3.05, 3.63) is 59.7 Å². The van der Waals surface area contributed by atoms with Crippen molar-refractivity contribution in [3.8, 4) is 5.75 Å². The average molecular weight is 468 g/mol. The van der Waals surface area contributed by atoms with E-state index >= 15 is 0 Å². The van der Waals surface area contributed by atoms with Crippen molar-refractivity contribution < 1.29 is 24.2 Å². The zero-order chi connectivity index (χ0) is 24.2. The second-order valence-corrected chi connectivity index (χ2v) is 9.35. The van der Waals surface area contributed by atoms with Gasteiger partial charge in [-0.2, -0.15) is 0 Å². The van der Waals surface area contributed by atoms with E-state index < -0.39 is 6.10 Å². The van der Waals surface area contributed by atoms with Gasteiger partial charge in [-0.3, -0.25) is 9.59 Å². The maximum atomic E-state index is 12.8. The van der Waals surface area contributed by atoms with Crippen LogP contribution in [0.3, 0.4) is 0 Å². The number of anilines is 1. The maximum Gasteiger partial charge on any atom is 0.238 e. The molecule has 1 fully saturated rings. The summed E-state index contributed by atoms with van der Waals surface area (Å²) in [5, 5.41) is 15.9. The largest absolute Gasteiger partial charge is 0.487 e. The van der Waals surface area contributed by atoms with Gasteiger partial charge in [-0.05, 0) is 51.2 Å². The van der Waals surface area contributed by atoms with Crippen molar-refractivity contribution >= 4 is 17.5 Å². The minimum atomic E-state index is -0.526. The molecule has 0 saturated carbocycles. The molecule has 2 aliphatic heterocycles. The van der Waals surface area contributed by atoms with Gasteiger partial charge in [-0.25, -0.2) is 0 Å². The molecule has 4 rings (SSSR count). The number of carbonyl (C=O) groups is 2. The lowest BCUT2D eigenvalue weighted by Crippen LogP contribution is -2.47. The van der Waals surface area contributed by atoms with Gasteiger partial charge < -0.3 is 30.1 Å². The van der Waals surface area contributed by atoms with Crippen LogP contribution in [0, 0.1) is 0 Å². The quantitative estimate of drug-likeness (QED) is 0.552. The van der Waals surface area contributed by atoms with Crippen molar-refractivity contribution in [2.75, 3.05) is 32.6 Å². The van der Waals surface area contributed by atoms with Crippen LogP contribution in [0.2, 0.25) is 0 Å². The highest BCUT2D eigenvalue weighted by Gasteiger charge is 2.46. The Bertz CT molecular complexity index is 1010. The Morgan fingerprint density at radius 1 is 1.15 bits per heavy atom. The number of nitrogens with zero attached hydrogens (tertiary/aromatic N) is 1. The first kappa shape index (κ1) is 24.2. The Kier molecular flexibility index (Phi) is 7.50. The SMILES string of the molecule is C[C@@H](NC(=O)C[C@H]1C[C@@H]2c3cc(NC(=O)CN(C)C)ccc3O[C@@H]2[C@@H](CO)O1)c1ccccc1. The highest BCUT2D eigenvalue weighted by Crippen LogP contribution is 2.47. The molecular weight excluding hydrogens is 434 g/mol. The van der Waals surface area contributed by atoms with Crippen LogP contribution in [-0.4, -0.2) is 67.4 Å². The van der Waals surface area contributed by atoms with Crippen LogP contribution < -0.4 is 15.4 Å². The molecule has 0 aromatic heterocycles. The molecule has 0 aliphatic carbocycles. The summed E-state index contributed by atoms with van der Waals surface area (Å²) in [6.45, 7) is 2.05. The van der Waals surface area contributed by atoms with Crippen molar-refractivity contribution in [1.82, 2.24) is 10.2 Å². The summed E-state index contributed by atoms with van der Waals surface area (Å²) in [5.41, 5.74) is 2.71. The highest BCUT2D eigenvalue weighted by molar-refractivity contribution is 5.92. The lowest BCUT2D eigenvalue weighted by molar-refractivity contribution is -0.142. The standard InChI is InChI=1S/C26H33N3O5/c1-16(17-7-5-4-6-8-17)27-24(31)13-19-12-21-20-11-18(28-25(32)14-29(2)3)9-10-22(20)34-26(21)23(15-30)33-19/h4-11,16,19,21,23,26,30H,12-15H2,1-3H3,(H,27,31)(H,28,32)/t16-,19-,21-,23-,26+/m1/s1. The summed E-state index contributed by atoms with van der Waals surface area (Å²) < 4.78 is 12.2. The molecule has 8 nitrogen and oxygen atoms in total. The smallest absolute Gasteiger partial charge is 0.238 e. The highest BCUT2D eigenvalue weighted by atomic mass is 16.6. The fourth-order valence-corrected chi connectivity index (χ4v) is 4.79. The predicted octanol–water partition coefficient (Wildman–Crippen LogP) is 2.45. The van der Waals surface area contributed by atoms with E-state index in [1.54, 1.807) is 4.90 Å². The minimum Gasteiger partial charge on any atom is -0.487 e. The summed E-state index contributed by atoms with van der Waals surface area (Å²) in [6.07, 6.45) is -0.400. The number of fused-ring (bicyclic) bond motifs is 3. The Labute approximate surface area is 200 Å². The Balaban J connectivity index is 1.43. The topological polar surface area (TPSA) is 100 Å². The number of amides is 2. The van der Waals surface area contributed by atoms with Gasteiger partial charge in [-0.1, -0.05) is 30.3 Å². The van der Waals surface area contributed by atoms with E-state index in [4.69, 9.17) is 9.47 Å². The predicted molar refractivity (Wildman–Crippen MR) is 129 cm³/mol. The fraction of sp³-hybridized carbons (Fsp3) is 0.462. The Morgan fingerprint density at radius 3 is 2.62 bits per heavy atom. The number of hydrogen-bond acceptors (Lipinski definition) is 6. The third kappa shape index (κ3) is 5.58. The molecule has 8 heteroatoms. The fourth-order valence-electron chi connectivity index (χ4n) is 4.79. The van der Waals surface area contributed by atoms with Crippen LogP contribution in [-0.2, 0) is 14.3 Å². The molecule has 1 saturated heterocycles. The molecule has 182 valence electrons. The van der Waals surface area contributed by atoms with Crippen molar-refractivity contribution in [2.24, 2.45) is 0 Å². The minimum absolute atomic E-state index is 0.0315. The molecule has 0 radical (unpaired) electrons. The second kappa shape index (κ2) is 10.5. The molecule has 2 aliphatic rings. The van der Waals surface area contributed by atoms with Crippen LogP contribution in [0.5, 0.6) is 5.75 Å². The van der Waals surface area contributed by atoms with Crippen LogP contribution in [0.1, 0.15) is 42.9 Å². The summed E-state index contributed by atoms with van der Waals surface area (Å²) >= 11 is 0. The van der Waals surface area contributed by atoms with E-state index in [1.807, 2.05) is 69.6 Å². The molecular formula is C26H33N3O5. The first-order chi connectivity index (χ1) is 16.3. The molecule has 2 aromatic rings. The monoisotopic (exact) mass is 467 g/mol. The van der Waals surface area contributed by atoms with Gasteiger partial charge in [0.1, 0.15) is 18.0 Å². The lowest BCUT2D eigenvalue weighted by atomic mass is 9.84. The van der Waals surface area contributed by atoms with Gasteiger partial charge in [-0.15, -0.1) is 0 Å². The van der Waals surface area contributed by atoms with Gasteiger partial charge in [0, 0.05) is 17.2 Å². The first-order valence-corrected chi connectivity index (χ1v) is 11.7. The number of likely N-dealkylation sites (N-methyl/N-ethyl adjacent to an activating group) is 1. The molecule has 3 N–H and O–H groups in total. The van der Waals surface area contributed by atoms with E-state index in [0.29, 0.717) is 18.7 Å².